The van der Waals surface area contributed by atoms with Gasteiger partial charge in [-0.15, -0.1) is 0 Å². The van der Waals surface area contributed by atoms with Crippen LogP contribution in [-0.2, 0) is 0 Å². The first-order valence-electron chi connectivity index (χ1n) is 1.31. The van der Waals surface area contributed by atoms with E-state index in [2.05, 4.69) is 5.23 Å². The molecule has 3 nitrogen and oxygen atoms in total. The summed E-state index contributed by atoms with van der Waals surface area (Å²) in [5.41, 5.74) is 0. The molecular weight excluding hydrogens is 68.8 g/mol. The van der Waals surface area contributed by atoms with Crippen molar-refractivity contribution in [1.82, 2.24) is 5.23 Å². The van der Waals surface area contributed by atoms with Crippen LogP contribution in [0.5, 0.6) is 0 Å². The van der Waals surface area contributed by atoms with Gasteiger partial charge in [-0.1, -0.05) is 0 Å². The Morgan fingerprint density at radius 1 is 1.60 bits per heavy atom. The van der Waals surface area contributed by atoms with Crippen molar-refractivity contribution in [3.8, 4) is 0 Å². The largest absolute Gasteiger partial charge is 0.357 e. The Balaban J connectivity index is 2.54. The lowest BCUT2D eigenvalue weighted by Crippen LogP contribution is -2.24. The van der Waals surface area contributed by atoms with Crippen LogP contribution in [0.1, 0.15) is 0 Å². The van der Waals surface area contributed by atoms with Crippen molar-refractivity contribution in [2.75, 3.05) is 0 Å². The summed E-state index contributed by atoms with van der Waals surface area (Å²) < 4.78 is 0. The molecule has 0 atom stereocenters. The molecule has 5 heavy (non-hydrogen) atoms. The molecule has 0 amide bonds. The Kier molecular flexibility index (Phi) is 2.17. The zero-order valence-electron chi connectivity index (χ0n) is 2.97. The summed E-state index contributed by atoms with van der Waals surface area (Å²) in [4.78, 5) is 0. The molecule has 0 aromatic heterocycles. The molecule has 3 N–H and O–H groups in total. The SMILES string of the molecule is BNC(O)O. The number of hydrogen-bond acceptors (Lipinski definition) is 3. The standard InChI is InChI=1S/CH6BNO2/c2-3-1(4)5/h1,3-5H,2H2. The maximum atomic E-state index is 7.81. The maximum Gasteiger partial charge on any atom is 0.200 e. The minimum atomic E-state index is -1.37. The molecule has 0 fully saturated rings. The Labute approximate surface area is 31.1 Å². The molecule has 0 rings (SSSR count). The third-order valence-corrected chi connectivity index (χ3v) is 0.258. The highest BCUT2D eigenvalue weighted by Gasteiger charge is 1.80. The minimum Gasteiger partial charge on any atom is -0.357 e. The van der Waals surface area contributed by atoms with Crippen LogP contribution in [0.2, 0.25) is 0 Å². The quantitative estimate of drug-likeness (QED) is 0.236. The van der Waals surface area contributed by atoms with E-state index in [-0.39, 0.29) is 0 Å². The van der Waals surface area contributed by atoms with Gasteiger partial charge in [-0.2, -0.15) is 0 Å². The second-order valence-electron chi connectivity index (χ2n) is 0.662. The van der Waals surface area contributed by atoms with Crippen LogP contribution in [0.25, 0.3) is 0 Å². The Morgan fingerprint density at radius 2 is 1.80 bits per heavy atom. The molecule has 0 bridgehead atoms. The van der Waals surface area contributed by atoms with E-state index in [4.69, 9.17) is 10.2 Å². The van der Waals surface area contributed by atoms with Crippen LogP contribution in [0.15, 0.2) is 0 Å². The van der Waals surface area contributed by atoms with E-state index in [1.807, 2.05) is 0 Å². The fraction of sp³-hybridized carbons (Fsp3) is 1.00. The van der Waals surface area contributed by atoms with Gasteiger partial charge < -0.3 is 15.4 Å². The first-order chi connectivity index (χ1) is 2.27. The number of aliphatic hydroxyl groups excluding tert-OH is 1. The van der Waals surface area contributed by atoms with Gasteiger partial charge in [0.25, 0.3) is 0 Å². The van der Waals surface area contributed by atoms with Gasteiger partial charge in [0.1, 0.15) is 0 Å². The third-order valence-electron chi connectivity index (χ3n) is 0.258. The molecule has 0 spiro atoms. The van der Waals surface area contributed by atoms with Crippen LogP contribution >= 0.6 is 0 Å². The molecule has 0 saturated heterocycles. The van der Waals surface area contributed by atoms with Crippen molar-refractivity contribution >= 4 is 7.98 Å². The number of hydrogen-bond donors (Lipinski definition) is 3. The first-order valence-corrected chi connectivity index (χ1v) is 1.31. The van der Waals surface area contributed by atoms with Gasteiger partial charge in [0.05, 0.1) is 0 Å². The van der Waals surface area contributed by atoms with Crippen molar-refractivity contribution in [3.05, 3.63) is 0 Å². The van der Waals surface area contributed by atoms with E-state index in [0.717, 1.165) is 0 Å². The lowest BCUT2D eigenvalue weighted by atomic mass is 10.4. The zero-order chi connectivity index (χ0) is 4.28. The Morgan fingerprint density at radius 3 is 1.80 bits per heavy atom. The fourth-order valence-electron chi connectivity index (χ4n) is 0. The second kappa shape index (κ2) is 2.20. The number of aliphatic hydroxyl groups is 2. The maximum absolute atomic E-state index is 7.81. The zero-order valence-corrected chi connectivity index (χ0v) is 2.97. The molecule has 0 aliphatic heterocycles. The summed E-state index contributed by atoms with van der Waals surface area (Å²) in [6.07, 6.45) is -1.37. The van der Waals surface area contributed by atoms with Gasteiger partial charge in [-0.3, -0.25) is 0 Å². The number of rotatable bonds is 1. The van der Waals surface area contributed by atoms with Crippen molar-refractivity contribution in [3.63, 3.8) is 0 Å². The van der Waals surface area contributed by atoms with Crippen molar-refractivity contribution in [2.24, 2.45) is 0 Å². The molecule has 0 aromatic carbocycles. The van der Waals surface area contributed by atoms with E-state index < -0.39 is 6.41 Å². The lowest BCUT2D eigenvalue weighted by Gasteiger charge is -1.94. The van der Waals surface area contributed by atoms with Gasteiger partial charge in [0, 0.05) is 0 Å². The highest BCUT2D eigenvalue weighted by molar-refractivity contribution is 6.04. The van der Waals surface area contributed by atoms with Crippen LogP contribution in [-0.4, -0.2) is 24.6 Å². The summed E-state index contributed by atoms with van der Waals surface area (Å²) in [7, 11) is 1.45. The summed E-state index contributed by atoms with van der Waals surface area (Å²) in [5.74, 6) is 0. The molecule has 0 unspecified atom stereocenters. The predicted octanol–water partition coefficient (Wildman–Crippen LogP) is -2.61. The van der Waals surface area contributed by atoms with Gasteiger partial charge >= 0.3 is 0 Å². The van der Waals surface area contributed by atoms with E-state index in [1.165, 1.54) is 7.98 Å². The van der Waals surface area contributed by atoms with Gasteiger partial charge in [0.2, 0.25) is 0 Å². The third kappa shape index (κ3) is 3.94. The second-order valence-corrected chi connectivity index (χ2v) is 0.662. The van der Waals surface area contributed by atoms with Crippen LogP contribution < -0.4 is 5.23 Å². The highest BCUT2D eigenvalue weighted by Crippen LogP contribution is 1.51. The summed E-state index contributed by atoms with van der Waals surface area (Å²) in [6, 6.07) is 0. The molecular formula is CH6BNO2. The molecule has 0 aromatic rings. The Bertz CT molecular complexity index is 23.6. The smallest absolute Gasteiger partial charge is 0.200 e. The van der Waals surface area contributed by atoms with Crippen LogP contribution in [0.4, 0.5) is 0 Å². The molecule has 30 valence electrons. The van der Waals surface area contributed by atoms with E-state index in [9.17, 15) is 0 Å². The van der Waals surface area contributed by atoms with Gasteiger partial charge in [-0.25, -0.2) is 0 Å². The molecule has 0 saturated carbocycles. The first kappa shape index (κ1) is 4.94. The predicted molar refractivity (Wildman–Crippen MR) is 19.9 cm³/mol. The number of nitrogens with one attached hydrogen (secondary N) is 1. The van der Waals surface area contributed by atoms with Gasteiger partial charge in [-0.05, 0) is 0 Å². The molecule has 0 heterocycles. The van der Waals surface area contributed by atoms with E-state index in [1.54, 1.807) is 0 Å². The van der Waals surface area contributed by atoms with Crippen molar-refractivity contribution < 1.29 is 10.2 Å². The summed E-state index contributed by atoms with van der Waals surface area (Å²) >= 11 is 0. The average Bonchev–Trinajstić information content (AvgIpc) is 1.38. The fourth-order valence-corrected chi connectivity index (χ4v) is 0. The molecule has 0 aliphatic rings. The molecule has 4 heteroatoms. The lowest BCUT2D eigenvalue weighted by molar-refractivity contribution is -0.0476. The summed E-state index contributed by atoms with van der Waals surface area (Å²) in [5, 5.41) is 17.8. The Hall–Kier alpha value is -0.0551. The van der Waals surface area contributed by atoms with E-state index >= 15 is 0 Å². The van der Waals surface area contributed by atoms with Crippen molar-refractivity contribution in [1.29, 1.82) is 0 Å². The molecule has 0 radical (unpaired) electrons. The monoisotopic (exact) mass is 75.0 g/mol. The minimum absolute atomic E-state index is 1.37. The normalized spacial score (nSPS) is 9.40. The van der Waals surface area contributed by atoms with Crippen molar-refractivity contribution in [2.45, 2.75) is 6.41 Å². The van der Waals surface area contributed by atoms with Crippen LogP contribution in [0.3, 0.4) is 0 Å². The highest BCUT2D eigenvalue weighted by atomic mass is 16.5. The van der Waals surface area contributed by atoms with Gasteiger partial charge in [0.15, 0.2) is 14.4 Å². The summed E-state index contributed by atoms with van der Waals surface area (Å²) in [6.45, 7) is 0. The topological polar surface area (TPSA) is 52.5 Å². The van der Waals surface area contributed by atoms with Crippen LogP contribution in [0, 0.1) is 0 Å². The van der Waals surface area contributed by atoms with E-state index in [0.29, 0.717) is 0 Å². The molecule has 0 aliphatic carbocycles. The average molecular weight is 74.9 g/mol.